The van der Waals surface area contributed by atoms with Crippen LogP contribution in [-0.2, 0) is 6.54 Å². The van der Waals surface area contributed by atoms with Gasteiger partial charge in [-0.05, 0) is 54.4 Å². The summed E-state index contributed by atoms with van der Waals surface area (Å²) in [5.41, 5.74) is 3.08. The van der Waals surface area contributed by atoms with E-state index in [2.05, 4.69) is 50.4 Å². The third-order valence-electron chi connectivity index (χ3n) is 3.47. The maximum atomic E-state index is 6.30. The monoisotopic (exact) mass is 383 g/mol. The molecule has 0 aromatic carbocycles. The standard InChI is InChI=1S/C15H15BrClN3S/c1-8-4-12(21-10(8)3)7-20-14(9(2)17)19-13-5-11(16)6-18-15(13)20/h4-6,9H,7H2,1-3H3. The van der Waals surface area contributed by atoms with Gasteiger partial charge >= 0.3 is 0 Å². The molecule has 0 aliphatic rings. The molecule has 0 spiro atoms. The van der Waals surface area contributed by atoms with Crippen LogP contribution in [0.3, 0.4) is 0 Å². The van der Waals surface area contributed by atoms with E-state index in [0.717, 1.165) is 28.0 Å². The van der Waals surface area contributed by atoms with Gasteiger partial charge in [-0.3, -0.25) is 0 Å². The van der Waals surface area contributed by atoms with Crippen molar-refractivity contribution in [3.8, 4) is 0 Å². The molecule has 3 aromatic rings. The molecule has 0 aliphatic heterocycles. The van der Waals surface area contributed by atoms with Crippen LogP contribution in [0.25, 0.3) is 11.2 Å². The molecular formula is C15H15BrClN3S. The Kier molecular flexibility index (Phi) is 4.08. The zero-order chi connectivity index (χ0) is 15.1. The first-order chi connectivity index (χ1) is 9.95. The van der Waals surface area contributed by atoms with Gasteiger partial charge in [-0.25, -0.2) is 9.97 Å². The van der Waals surface area contributed by atoms with E-state index in [1.54, 1.807) is 6.20 Å². The summed E-state index contributed by atoms with van der Waals surface area (Å²) in [5, 5.41) is -0.153. The molecule has 0 N–H and O–H groups in total. The van der Waals surface area contributed by atoms with Crippen molar-refractivity contribution in [3.63, 3.8) is 0 Å². The maximum Gasteiger partial charge on any atom is 0.160 e. The van der Waals surface area contributed by atoms with Gasteiger partial charge in [0.15, 0.2) is 5.65 Å². The molecule has 0 fully saturated rings. The van der Waals surface area contributed by atoms with Crippen molar-refractivity contribution in [1.29, 1.82) is 0 Å². The number of alkyl halides is 1. The normalized spacial score (nSPS) is 13.0. The summed E-state index contributed by atoms with van der Waals surface area (Å²) in [6.07, 6.45) is 1.80. The zero-order valence-corrected chi connectivity index (χ0v) is 15.2. The van der Waals surface area contributed by atoms with E-state index in [0.29, 0.717) is 0 Å². The van der Waals surface area contributed by atoms with Gasteiger partial charge in [-0.1, -0.05) is 0 Å². The molecule has 0 aliphatic carbocycles. The minimum atomic E-state index is -0.153. The van der Waals surface area contributed by atoms with E-state index in [1.807, 2.05) is 24.3 Å². The Hall–Kier alpha value is -0.910. The lowest BCUT2D eigenvalue weighted by molar-refractivity contribution is 0.743. The predicted molar refractivity (Wildman–Crippen MR) is 92.4 cm³/mol. The van der Waals surface area contributed by atoms with Crippen LogP contribution in [0.4, 0.5) is 0 Å². The summed E-state index contributed by atoms with van der Waals surface area (Å²) in [7, 11) is 0. The summed E-state index contributed by atoms with van der Waals surface area (Å²) < 4.78 is 3.04. The summed E-state index contributed by atoms with van der Waals surface area (Å²) in [6.45, 7) is 6.99. The number of nitrogens with zero attached hydrogens (tertiary/aromatic N) is 3. The highest BCUT2D eigenvalue weighted by molar-refractivity contribution is 9.10. The minimum Gasteiger partial charge on any atom is -0.306 e. The summed E-state index contributed by atoms with van der Waals surface area (Å²) in [4.78, 5) is 11.8. The summed E-state index contributed by atoms with van der Waals surface area (Å²) in [5.74, 6) is 0.862. The fraction of sp³-hybridized carbons (Fsp3) is 0.333. The number of pyridine rings is 1. The molecule has 1 unspecified atom stereocenters. The third-order valence-corrected chi connectivity index (χ3v) is 5.23. The Morgan fingerprint density at radius 1 is 1.38 bits per heavy atom. The highest BCUT2D eigenvalue weighted by Crippen LogP contribution is 2.28. The van der Waals surface area contributed by atoms with E-state index in [4.69, 9.17) is 11.6 Å². The number of hydrogen-bond donors (Lipinski definition) is 0. The van der Waals surface area contributed by atoms with Gasteiger partial charge in [-0.15, -0.1) is 22.9 Å². The third kappa shape index (κ3) is 2.87. The van der Waals surface area contributed by atoms with Crippen LogP contribution in [0.2, 0.25) is 0 Å². The van der Waals surface area contributed by atoms with Gasteiger partial charge in [0.25, 0.3) is 0 Å². The molecule has 6 heteroatoms. The molecule has 0 saturated heterocycles. The van der Waals surface area contributed by atoms with Crippen LogP contribution in [0.15, 0.2) is 22.8 Å². The first-order valence-corrected chi connectivity index (χ1v) is 8.72. The fourth-order valence-corrected chi connectivity index (χ4v) is 3.88. The molecule has 3 nitrogen and oxygen atoms in total. The molecule has 1 atom stereocenters. The molecule has 110 valence electrons. The average Bonchev–Trinajstić information content (AvgIpc) is 2.91. The second-order valence-corrected chi connectivity index (χ2v) is 8.03. The number of fused-ring (bicyclic) bond motifs is 1. The first-order valence-electron chi connectivity index (χ1n) is 6.67. The maximum absolute atomic E-state index is 6.30. The summed E-state index contributed by atoms with van der Waals surface area (Å²) >= 11 is 11.6. The van der Waals surface area contributed by atoms with Gasteiger partial charge in [-0.2, -0.15) is 0 Å². The number of imidazole rings is 1. The van der Waals surface area contributed by atoms with E-state index >= 15 is 0 Å². The Balaban J connectivity index is 2.12. The molecule has 0 radical (unpaired) electrons. The van der Waals surface area contributed by atoms with Gasteiger partial charge in [0.05, 0.1) is 11.9 Å². The Morgan fingerprint density at radius 2 is 2.14 bits per heavy atom. The van der Waals surface area contributed by atoms with Crippen LogP contribution < -0.4 is 0 Å². The molecule has 0 amide bonds. The van der Waals surface area contributed by atoms with Crippen LogP contribution >= 0.6 is 38.9 Å². The quantitative estimate of drug-likeness (QED) is 0.580. The number of rotatable bonds is 3. The van der Waals surface area contributed by atoms with E-state index < -0.39 is 0 Å². The highest BCUT2D eigenvalue weighted by atomic mass is 79.9. The van der Waals surface area contributed by atoms with Crippen LogP contribution in [0, 0.1) is 13.8 Å². The molecule has 3 heterocycles. The zero-order valence-electron chi connectivity index (χ0n) is 12.0. The fourth-order valence-electron chi connectivity index (χ4n) is 2.35. The van der Waals surface area contributed by atoms with Gasteiger partial charge in [0.1, 0.15) is 11.3 Å². The molecule has 21 heavy (non-hydrogen) atoms. The van der Waals surface area contributed by atoms with Crippen LogP contribution in [0.5, 0.6) is 0 Å². The molecule has 3 rings (SSSR count). The lowest BCUT2D eigenvalue weighted by atomic mass is 10.3. The van der Waals surface area contributed by atoms with Crippen molar-refractivity contribution < 1.29 is 0 Å². The Morgan fingerprint density at radius 3 is 2.76 bits per heavy atom. The molecule has 0 bridgehead atoms. The largest absolute Gasteiger partial charge is 0.306 e. The van der Waals surface area contributed by atoms with Crippen molar-refractivity contribution in [3.05, 3.63) is 43.9 Å². The van der Waals surface area contributed by atoms with E-state index in [1.165, 1.54) is 15.3 Å². The number of halogens is 2. The van der Waals surface area contributed by atoms with E-state index in [9.17, 15) is 0 Å². The van der Waals surface area contributed by atoms with Crippen molar-refractivity contribution in [2.45, 2.75) is 32.7 Å². The van der Waals surface area contributed by atoms with Crippen molar-refractivity contribution >= 4 is 50.0 Å². The second kappa shape index (κ2) is 5.71. The van der Waals surface area contributed by atoms with Crippen molar-refractivity contribution in [2.75, 3.05) is 0 Å². The Bertz CT molecular complexity index is 787. The van der Waals surface area contributed by atoms with Crippen LogP contribution in [-0.4, -0.2) is 14.5 Å². The minimum absolute atomic E-state index is 0.153. The summed E-state index contributed by atoms with van der Waals surface area (Å²) in [6, 6.07) is 4.21. The predicted octanol–water partition coefficient (Wildman–Crippen LogP) is 5.22. The van der Waals surface area contributed by atoms with Crippen LogP contribution in [0.1, 0.15) is 33.4 Å². The second-order valence-electron chi connectivity index (χ2n) is 5.12. The number of hydrogen-bond acceptors (Lipinski definition) is 3. The smallest absolute Gasteiger partial charge is 0.160 e. The Labute approximate surface area is 141 Å². The number of aryl methyl sites for hydroxylation is 2. The SMILES string of the molecule is Cc1cc(Cn2c(C(C)Cl)nc3cc(Br)cnc32)sc1C. The van der Waals surface area contributed by atoms with Crippen molar-refractivity contribution in [1.82, 2.24) is 14.5 Å². The van der Waals surface area contributed by atoms with Crippen molar-refractivity contribution in [2.24, 2.45) is 0 Å². The van der Waals surface area contributed by atoms with Gasteiger partial charge < -0.3 is 4.57 Å². The molecule has 3 aromatic heterocycles. The lowest BCUT2D eigenvalue weighted by Crippen LogP contribution is -2.05. The number of thiophene rings is 1. The highest BCUT2D eigenvalue weighted by Gasteiger charge is 2.17. The topological polar surface area (TPSA) is 30.7 Å². The van der Waals surface area contributed by atoms with Gasteiger partial charge in [0, 0.05) is 20.4 Å². The van der Waals surface area contributed by atoms with E-state index in [-0.39, 0.29) is 5.38 Å². The molecular weight excluding hydrogens is 370 g/mol. The van der Waals surface area contributed by atoms with Gasteiger partial charge in [0.2, 0.25) is 0 Å². The lowest BCUT2D eigenvalue weighted by Gasteiger charge is -2.08. The number of aromatic nitrogens is 3. The first kappa shape index (κ1) is 15.0. The average molecular weight is 385 g/mol. The molecule has 0 saturated carbocycles.